The Kier molecular flexibility index (Phi) is 4.66. The molecule has 2 rings (SSSR count). The number of phenolic OH excluding ortho intramolecular Hbond substituents is 1. The first kappa shape index (κ1) is 15.3. The summed E-state index contributed by atoms with van der Waals surface area (Å²) in [5.41, 5.74) is 0.397. The van der Waals surface area contributed by atoms with E-state index in [0.717, 1.165) is 0 Å². The first-order valence-corrected chi connectivity index (χ1v) is 6.84. The number of carbonyl (C=O) groups is 1. The van der Waals surface area contributed by atoms with E-state index in [-0.39, 0.29) is 26.4 Å². The normalized spacial score (nSPS) is 10.4. The minimum atomic E-state index is -0.542. The Labute approximate surface area is 135 Å². The fourth-order valence-electron chi connectivity index (χ4n) is 1.52. The molecule has 0 radical (unpaired) electrons. The average Bonchev–Trinajstić information content (AvgIpc) is 2.38. The summed E-state index contributed by atoms with van der Waals surface area (Å²) < 4.78 is 0. The number of anilines is 1. The van der Waals surface area contributed by atoms with Crippen molar-refractivity contribution in [3.8, 4) is 5.75 Å². The number of nitrogens with one attached hydrogen (secondary N) is 1. The van der Waals surface area contributed by atoms with Gasteiger partial charge in [0.15, 0.2) is 0 Å². The number of carbonyl (C=O) groups excluding carboxylic acids is 1. The van der Waals surface area contributed by atoms with Gasteiger partial charge in [0.1, 0.15) is 5.75 Å². The highest BCUT2D eigenvalue weighted by Gasteiger charge is 2.13. The third-order valence-electron chi connectivity index (χ3n) is 2.44. The van der Waals surface area contributed by atoms with Crippen LogP contribution in [-0.4, -0.2) is 11.0 Å². The molecular formula is C13H7Cl4NO2. The van der Waals surface area contributed by atoms with Gasteiger partial charge in [-0.3, -0.25) is 4.79 Å². The Morgan fingerprint density at radius 2 is 1.60 bits per heavy atom. The molecule has 3 nitrogen and oxygen atoms in total. The van der Waals surface area contributed by atoms with Gasteiger partial charge in [0.25, 0.3) is 5.91 Å². The van der Waals surface area contributed by atoms with E-state index in [1.54, 1.807) is 0 Å². The fourth-order valence-corrected chi connectivity index (χ4v) is 2.28. The maximum absolute atomic E-state index is 12.0. The second kappa shape index (κ2) is 6.10. The monoisotopic (exact) mass is 349 g/mol. The van der Waals surface area contributed by atoms with Crippen molar-refractivity contribution in [1.29, 1.82) is 0 Å². The summed E-state index contributed by atoms with van der Waals surface area (Å²) in [5, 5.41) is 13.2. The maximum Gasteiger partial charge on any atom is 0.259 e. The predicted molar refractivity (Wildman–Crippen MR) is 82.5 cm³/mol. The number of phenols is 1. The zero-order valence-electron chi connectivity index (χ0n) is 9.75. The molecule has 0 saturated carbocycles. The topological polar surface area (TPSA) is 49.3 Å². The number of aromatic hydroxyl groups is 1. The molecule has 0 bridgehead atoms. The van der Waals surface area contributed by atoms with Gasteiger partial charge in [-0.05, 0) is 30.3 Å². The zero-order chi connectivity index (χ0) is 14.9. The zero-order valence-corrected chi connectivity index (χ0v) is 12.8. The Morgan fingerprint density at radius 1 is 1.00 bits per heavy atom. The molecule has 0 aromatic heterocycles. The van der Waals surface area contributed by atoms with Crippen molar-refractivity contribution in [2.45, 2.75) is 0 Å². The van der Waals surface area contributed by atoms with Gasteiger partial charge in [-0.2, -0.15) is 0 Å². The van der Waals surface area contributed by atoms with Crippen molar-refractivity contribution < 1.29 is 9.90 Å². The number of rotatable bonds is 2. The van der Waals surface area contributed by atoms with Crippen LogP contribution in [0.25, 0.3) is 0 Å². The lowest BCUT2D eigenvalue weighted by molar-refractivity contribution is 0.102. The van der Waals surface area contributed by atoms with E-state index < -0.39 is 5.91 Å². The molecule has 7 heteroatoms. The van der Waals surface area contributed by atoms with E-state index in [4.69, 9.17) is 46.4 Å². The van der Waals surface area contributed by atoms with Crippen molar-refractivity contribution in [3.05, 3.63) is 56.0 Å². The van der Waals surface area contributed by atoms with Crippen LogP contribution >= 0.6 is 46.4 Å². The summed E-state index contributed by atoms with van der Waals surface area (Å²) in [6.07, 6.45) is 0. The Hall–Kier alpha value is -1.13. The van der Waals surface area contributed by atoms with Gasteiger partial charge in [0, 0.05) is 10.7 Å². The van der Waals surface area contributed by atoms with Crippen LogP contribution in [0.2, 0.25) is 20.1 Å². The molecule has 2 aromatic rings. The highest BCUT2D eigenvalue weighted by atomic mass is 35.5. The fraction of sp³-hybridized carbons (Fsp3) is 0. The van der Waals surface area contributed by atoms with Crippen LogP contribution < -0.4 is 5.32 Å². The van der Waals surface area contributed by atoms with E-state index in [9.17, 15) is 9.90 Å². The minimum absolute atomic E-state index is 0.0414. The van der Waals surface area contributed by atoms with Crippen LogP contribution in [0.3, 0.4) is 0 Å². The second-order valence-corrected chi connectivity index (χ2v) is 5.50. The SMILES string of the molecule is O=C(Nc1cc(Cl)c(Cl)c(Cl)c1)c1cc(Cl)ccc1O. The van der Waals surface area contributed by atoms with Crippen LogP contribution in [0, 0.1) is 0 Å². The number of benzene rings is 2. The third kappa shape index (κ3) is 3.30. The largest absolute Gasteiger partial charge is 0.507 e. The number of hydrogen-bond donors (Lipinski definition) is 2. The third-order valence-corrected chi connectivity index (χ3v) is 3.88. The molecule has 104 valence electrons. The highest BCUT2D eigenvalue weighted by molar-refractivity contribution is 6.48. The molecule has 0 unspecified atom stereocenters. The van der Waals surface area contributed by atoms with Crippen molar-refractivity contribution in [3.63, 3.8) is 0 Å². The number of halogens is 4. The standard InChI is InChI=1S/C13H7Cl4NO2/c14-6-1-2-11(19)8(3-6)13(20)18-7-4-9(15)12(17)10(16)5-7/h1-5,19H,(H,18,20). The van der Waals surface area contributed by atoms with Crippen LogP contribution in [0.5, 0.6) is 5.75 Å². The molecule has 0 heterocycles. The van der Waals surface area contributed by atoms with Gasteiger partial charge in [0.2, 0.25) is 0 Å². The lowest BCUT2D eigenvalue weighted by atomic mass is 10.2. The van der Waals surface area contributed by atoms with Crippen LogP contribution in [0.15, 0.2) is 30.3 Å². The van der Waals surface area contributed by atoms with Crippen molar-refractivity contribution in [1.82, 2.24) is 0 Å². The molecule has 1 amide bonds. The molecule has 20 heavy (non-hydrogen) atoms. The smallest absolute Gasteiger partial charge is 0.259 e. The van der Waals surface area contributed by atoms with E-state index in [1.165, 1.54) is 30.3 Å². The highest BCUT2D eigenvalue weighted by Crippen LogP contribution is 2.33. The minimum Gasteiger partial charge on any atom is -0.507 e. The molecule has 0 spiro atoms. The molecule has 0 aliphatic rings. The summed E-state index contributed by atoms with van der Waals surface area (Å²) in [5.74, 6) is -0.725. The Bertz CT molecular complexity index is 665. The second-order valence-electron chi connectivity index (χ2n) is 3.87. The summed E-state index contributed by atoms with van der Waals surface area (Å²) in [7, 11) is 0. The Morgan fingerprint density at radius 3 is 2.20 bits per heavy atom. The van der Waals surface area contributed by atoms with E-state index in [2.05, 4.69) is 5.32 Å². The summed E-state index contributed by atoms with van der Waals surface area (Å²) in [4.78, 5) is 12.0. The average molecular weight is 351 g/mol. The first-order valence-electron chi connectivity index (χ1n) is 5.33. The Balaban J connectivity index is 2.30. The lowest BCUT2D eigenvalue weighted by Crippen LogP contribution is -2.12. The van der Waals surface area contributed by atoms with Gasteiger partial charge in [-0.1, -0.05) is 46.4 Å². The lowest BCUT2D eigenvalue weighted by Gasteiger charge is -2.09. The van der Waals surface area contributed by atoms with Crippen molar-refractivity contribution in [2.75, 3.05) is 5.32 Å². The van der Waals surface area contributed by atoms with Gasteiger partial charge in [-0.25, -0.2) is 0 Å². The summed E-state index contributed by atoms with van der Waals surface area (Å²) in [6.45, 7) is 0. The maximum atomic E-state index is 12.0. The van der Waals surface area contributed by atoms with Gasteiger partial charge in [-0.15, -0.1) is 0 Å². The first-order chi connectivity index (χ1) is 9.38. The van der Waals surface area contributed by atoms with Crippen LogP contribution in [0.1, 0.15) is 10.4 Å². The molecule has 0 atom stereocenters. The molecule has 0 fully saturated rings. The molecule has 0 aliphatic heterocycles. The quantitative estimate of drug-likeness (QED) is 0.726. The van der Waals surface area contributed by atoms with Crippen molar-refractivity contribution >= 4 is 58.0 Å². The van der Waals surface area contributed by atoms with Crippen molar-refractivity contribution in [2.24, 2.45) is 0 Å². The van der Waals surface area contributed by atoms with Gasteiger partial charge >= 0.3 is 0 Å². The van der Waals surface area contributed by atoms with Gasteiger partial charge < -0.3 is 10.4 Å². The molecule has 0 saturated heterocycles. The summed E-state index contributed by atoms with van der Waals surface area (Å²) >= 11 is 23.3. The number of hydrogen-bond acceptors (Lipinski definition) is 2. The molecular weight excluding hydrogens is 344 g/mol. The van der Waals surface area contributed by atoms with E-state index >= 15 is 0 Å². The predicted octanol–water partition coefficient (Wildman–Crippen LogP) is 5.26. The summed E-state index contributed by atoms with van der Waals surface area (Å²) in [6, 6.07) is 7.07. The van der Waals surface area contributed by atoms with E-state index in [0.29, 0.717) is 10.7 Å². The van der Waals surface area contributed by atoms with Crippen LogP contribution in [0.4, 0.5) is 5.69 Å². The van der Waals surface area contributed by atoms with Gasteiger partial charge in [0.05, 0.1) is 20.6 Å². The molecule has 2 aromatic carbocycles. The number of amides is 1. The molecule has 0 aliphatic carbocycles. The molecule has 2 N–H and O–H groups in total. The van der Waals surface area contributed by atoms with Crippen LogP contribution in [-0.2, 0) is 0 Å². The van der Waals surface area contributed by atoms with E-state index in [1.807, 2.05) is 0 Å².